The van der Waals surface area contributed by atoms with Gasteiger partial charge in [0, 0.05) is 23.4 Å². The van der Waals surface area contributed by atoms with Gasteiger partial charge in [-0.2, -0.15) is 0 Å². The van der Waals surface area contributed by atoms with E-state index in [1.165, 1.54) is 0 Å². The molecular weight excluding hydrogens is 216 g/mol. The molecule has 0 unspecified atom stereocenters. The summed E-state index contributed by atoms with van der Waals surface area (Å²) in [4.78, 5) is 10.5. The Morgan fingerprint density at radius 1 is 1.24 bits per heavy atom. The van der Waals surface area contributed by atoms with Crippen molar-refractivity contribution in [2.75, 3.05) is 5.32 Å². The molecule has 0 saturated carbocycles. The Morgan fingerprint density at radius 3 is 2.29 bits per heavy atom. The van der Waals surface area contributed by atoms with Crippen LogP contribution in [0.1, 0.15) is 37.8 Å². The van der Waals surface area contributed by atoms with Crippen LogP contribution in [0.15, 0.2) is 12.1 Å². The highest BCUT2D eigenvalue weighted by molar-refractivity contribution is 5.59. The average Bonchev–Trinajstić information content (AvgIpc) is 2.29. The van der Waals surface area contributed by atoms with Gasteiger partial charge in [0.05, 0.1) is 4.92 Å². The third-order valence-electron chi connectivity index (χ3n) is 3.08. The Hall–Kier alpha value is -1.58. The molecular formula is C13H20N2O2. The highest BCUT2D eigenvalue weighted by Crippen LogP contribution is 2.26. The molecule has 1 aromatic carbocycles. The molecule has 0 atom stereocenters. The predicted octanol–water partition coefficient (Wildman–Crippen LogP) is 3.81. The van der Waals surface area contributed by atoms with Gasteiger partial charge in [0.1, 0.15) is 0 Å². The van der Waals surface area contributed by atoms with Gasteiger partial charge >= 0.3 is 0 Å². The van der Waals surface area contributed by atoms with Crippen LogP contribution in [0.25, 0.3) is 0 Å². The molecule has 0 bridgehead atoms. The van der Waals surface area contributed by atoms with Gasteiger partial charge in [-0.3, -0.25) is 10.1 Å². The van der Waals surface area contributed by atoms with E-state index in [-0.39, 0.29) is 10.6 Å². The fourth-order valence-electron chi connectivity index (χ4n) is 1.87. The molecule has 0 amide bonds. The van der Waals surface area contributed by atoms with Gasteiger partial charge in [-0.1, -0.05) is 13.8 Å². The van der Waals surface area contributed by atoms with Gasteiger partial charge in [0.15, 0.2) is 0 Å². The normalized spacial score (nSPS) is 10.6. The highest BCUT2D eigenvalue weighted by atomic mass is 16.6. The van der Waals surface area contributed by atoms with Gasteiger partial charge in [0.25, 0.3) is 5.69 Å². The van der Waals surface area contributed by atoms with E-state index in [1.807, 2.05) is 13.0 Å². The molecule has 4 heteroatoms. The molecule has 0 aromatic heterocycles. The zero-order valence-corrected chi connectivity index (χ0v) is 10.9. The third-order valence-corrected chi connectivity index (χ3v) is 3.08. The Morgan fingerprint density at radius 2 is 1.82 bits per heavy atom. The molecule has 1 aromatic rings. The maximum absolute atomic E-state index is 10.8. The molecule has 0 aliphatic rings. The number of anilines is 1. The van der Waals surface area contributed by atoms with Crippen molar-refractivity contribution in [3.05, 3.63) is 33.4 Å². The minimum atomic E-state index is -0.330. The smallest absolute Gasteiger partial charge is 0.272 e. The summed E-state index contributed by atoms with van der Waals surface area (Å²) in [6.07, 6.45) is 2.10. The lowest BCUT2D eigenvalue weighted by molar-refractivity contribution is -0.385. The number of rotatable bonds is 5. The molecule has 0 fully saturated rings. The first-order chi connectivity index (χ1) is 7.99. The second-order valence-electron chi connectivity index (χ2n) is 4.37. The summed E-state index contributed by atoms with van der Waals surface area (Å²) < 4.78 is 0. The first-order valence-corrected chi connectivity index (χ1v) is 6.01. The second-order valence-corrected chi connectivity index (χ2v) is 4.37. The number of nitro groups is 1. The highest BCUT2D eigenvalue weighted by Gasteiger charge is 2.14. The summed E-state index contributed by atoms with van der Waals surface area (Å²) in [7, 11) is 0. The molecule has 0 heterocycles. The van der Waals surface area contributed by atoms with Crippen molar-refractivity contribution >= 4 is 11.4 Å². The van der Waals surface area contributed by atoms with Crippen LogP contribution in [0.2, 0.25) is 0 Å². The van der Waals surface area contributed by atoms with E-state index in [0.717, 1.165) is 24.1 Å². The first-order valence-electron chi connectivity index (χ1n) is 6.01. The fourth-order valence-corrected chi connectivity index (χ4v) is 1.87. The second kappa shape index (κ2) is 5.66. The maximum atomic E-state index is 10.8. The van der Waals surface area contributed by atoms with E-state index in [9.17, 15) is 10.1 Å². The molecule has 0 aliphatic carbocycles. The van der Waals surface area contributed by atoms with E-state index in [4.69, 9.17) is 0 Å². The Labute approximate surface area is 102 Å². The van der Waals surface area contributed by atoms with Crippen LogP contribution in [-0.4, -0.2) is 11.0 Å². The number of nitrogens with zero attached hydrogens (tertiary/aromatic N) is 1. The summed E-state index contributed by atoms with van der Waals surface area (Å²) in [5.74, 6) is 0. The van der Waals surface area contributed by atoms with Gasteiger partial charge in [0.2, 0.25) is 0 Å². The summed E-state index contributed by atoms with van der Waals surface area (Å²) in [5, 5.41) is 14.2. The minimum Gasteiger partial charge on any atom is -0.382 e. The van der Waals surface area contributed by atoms with Crippen molar-refractivity contribution < 1.29 is 4.92 Å². The van der Waals surface area contributed by atoms with Crippen molar-refractivity contribution in [1.82, 2.24) is 0 Å². The third kappa shape index (κ3) is 3.19. The van der Waals surface area contributed by atoms with Crippen molar-refractivity contribution in [3.63, 3.8) is 0 Å². The predicted molar refractivity (Wildman–Crippen MR) is 70.6 cm³/mol. The maximum Gasteiger partial charge on any atom is 0.272 e. The van der Waals surface area contributed by atoms with E-state index in [2.05, 4.69) is 19.2 Å². The number of hydrogen-bond donors (Lipinski definition) is 1. The van der Waals surface area contributed by atoms with Crippen LogP contribution in [0.3, 0.4) is 0 Å². The lowest BCUT2D eigenvalue weighted by Crippen LogP contribution is -2.17. The standard InChI is InChI=1S/C13H20N2O2/c1-5-11(6-2)14-12-7-10(4)13(15(16)17)8-9(12)3/h7-8,11,14H,5-6H2,1-4H3. The van der Waals surface area contributed by atoms with E-state index >= 15 is 0 Å². The SMILES string of the molecule is CCC(CC)Nc1cc(C)c([N+](=O)[O-])cc1C. The van der Waals surface area contributed by atoms with Crippen LogP contribution in [-0.2, 0) is 0 Å². The van der Waals surface area contributed by atoms with Gasteiger partial charge < -0.3 is 5.32 Å². The molecule has 0 radical (unpaired) electrons. The molecule has 0 spiro atoms. The van der Waals surface area contributed by atoms with E-state index in [0.29, 0.717) is 11.6 Å². The van der Waals surface area contributed by atoms with Crippen LogP contribution in [0.4, 0.5) is 11.4 Å². The van der Waals surface area contributed by atoms with Crippen LogP contribution < -0.4 is 5.32 Å². The van der Waals surface area contributed by atoms with Crippen molar-refractivity contribution in [2.45, 2.75) is 46.6 Å². The van der Waals surface area contributed by atoms with E-state index < -0.39 is 0 Å². The van der Waals surface area contributed by atoms with Gasteiger partial charge in [-0.25, -0.2) is 0 Å². The molecule has 94 valence electrons. The molecule has 0 saturated heterocycles. The Kier molecular flexibility index (Phi) is 4.49. The Bertz CT molecular complexity index is 412. The number of nitrogens with one attached hydrogen (secondary N) is 1. The lowest BCUT2D eigenvalue weighted by Gasteiger charge is -2.18. The zero-order chi connectivity index (χ0) is 13.0. The number of hydrogen-bond acceptors (Lipinski definition) is 3. The summed E-state index contributed by atoms with van der Waals surface area (Å²) in [6, 6.07) is 3.93. The topological polar surface area (TPSA) is 55.2 Å². The molecule has 17 heavy (non-hydrogen) atoms. The average molecular weight is 236 g/mol. The quantitative estimate of drug-likeness (QED) is 0.624. The fraction of sp³-hybridized carbons (Fsp3) is 0.538. The molecule has 1 N–H and O–H groups in total. The van der Waals surface area contributed by atoms with Crippen LogP contribution >= 0.6 is 0 Å². The first kappa shape index (κ1) is 13.5. The van der Waals surface area contributed by atoms with Crippen molar-refractivity contribution in [3.8, 4) is 0 Å². The van der Waals surface area contributed by atoms with E-state index in [1.54, 1.807) is 13.0 Å². The molecule has 0 aliphatic heterocycles. The van der Waals surface area contributed by atoms with Gasteiger partial charge in [-0.15, -0.1) is 0 Å². The zero-order valence-electron chi connectivity index (χ0n) is 10.9. The summed E-state index contributed by atoms with van der Waals surface area (Å²) in [6.45, 7) is 7.94. The van der Waals surface area contributed by atoms with Crippen molar-refractivity contribution in [2.24, 2.45) is 0 Å². The van der Waals surface area contributed by atoms with Crippen LogP contribution in [0, 0.1) is 24.0 Å². The minimum absolute atomic E-state index is 0.192. The molecule has 4 nitrogen and oxygen atoms in total. The monoisotopic (exact) mass is 236 g/mol. The Balaban J connectivity index is 3.03. The van der Waals surface area contributed by atoms with Crippen molar-refractivity contribution in [1.29, 1.82) is 0 Å². The van der Waals surface area contributed by atoms with Gasteiger partial charge in [-0.05, 0) is 38.3 Å². The summed E-state index contributed by atoms with van der Waals surface area (Å²) in [5.41, 5.74) is 2.82. The number of nitro benzene ring substituents is 1. The largest absolute Gasteiger partial charge is 0.382 e. The summed E-state index contributed by atoms with van der Waals surface area (Å²) >= 11 is 0. The number of benzene rings is 1. The molecule has 1 rings (SSSR count). The van der Waals surface area contributed by atoms with Crippen LogP contribution in [0.5, 0.6) is 0 Å². The lowest BCUT2D eigenvalue weighted by atomic mass is 10.1. The number of aryl methyl sites for hydroxylation is 2.